The van der Waals surface area contributed by atoms with Crippen LogP contribution in [0.4, 0.5) is 0 Å². The summed E-state index contributed by atoms with van der Waals surface area (Å²) in [7, 11) is 0. The Morgan fingerprint density at radius 2 is 1.48 bits per heavy atom. The number of rotatable bonds is 1. The van der Waals surface area contributed by atoms with Gasteiger partial charge in [0, 0.05) is 0 Å². The Bertz CT molecular complexity index is 322. The molecule has 0 N–H and O–H groups in total. The normalized spacial score (nSPS) is 40.2. The number of allylic oxidation sites excluding steroid dienone is 1. The van der Waals surface area contributed by atoms with Gasteiger partial charge < -0.3 is 4.74 Å². The van der Waals surface area contributed by atoms with Gasteiger partial charge in [0.2, 0.25) is 0 Å². The standard InChI is InChI=1S/C20H36O/c1-4-15-20(3)16-17(2)18-13-11-9-7-5-6-8-10-12-14-19(18)21-20/h4,15,17-19H,5-14,16H2,1-3H3/b15-4-. The Morgan fingerprint density at radius 3 is 2.10 bits per heavy atom. The van der Waals surface area contributed by atoms with Crippen LogP contribution in [-0.4, -0.2) is 11.7 Å². The third-order valence-corrected chi connectivity index (χ3v) is 5.65. The van der Waals surface area contributed by atoms with E-state index in [1.807, 2.05) is 0 Å². The summed E-state index contributed by atoms with van der Waals surface area (Å²) >= 11 is 0. The molecule has 1 saturated carbocycles. The molecular weight excluding hydrogens is 256 g/mol. The molecule has 1 heteroatoms. The molecule has 0 spiro atoms. The zero-order chi connectivity index (χ0) is 15.1. The van der Waals surface area contributed by atoms with Crippen molar-refractivity contribution in [1.29, 1.82) is 0 Å². The van der Waals surface area contributed by atoms with Crippen LogP contribution in [0.5, 0.6) is 0 Å². The molecule has 0 aromatic rings. The van der Waals surface area contributed by atoms with Crippen LogP contribution in [0.15, 0.2) is 12.2 Å². The molecule has 1 aliphatic carbocycles. The number of ether oxygens (including phenoxy) is 1. The smallest absolute Gasteiger partial charge is 0.0840 e. The second-order valence-corrected chi connectivity index (χ2v) is 7.72. The predicted molar refractivity (Wildman–Crippen MR) is 91.5 cm³/mol. The molecule has 0 bridgehead atoms. The summed E-state index contributed by atoms with van der Waals surface area (Å²) in [4.78, 5) is 0. The SMILES string of the molecule is C/C=C\C1(C)CC(C)C2CCCCCCCCCCC2O1. The van der Waals surface area contributed by atoms with Crippen molar-refractivity contribution in [1.82, 2.24) is 0 Å². The van der Waals surface area contributed by atoms with E-state index in [4.69, 9.17) is 4.74 Å². The van der Waals surface area contributed by atoms with Crippen molar-refractivity contribution in [2.45, 2.75) is 103 Å². The molecular formula is C20H36O. The summed E-state index contributed by atoms with van der Waals surface area (Å²) < 4.78 is 6.61. The van der Waals surface area contributed by atoms with Crippen molar-refractivity contribution in [3.63, 3.8) is 0 Å². The van der Waals surface area contributed by atoms with E-state index in [-0.39, 0.29) is 5.60 Å². The molecule has 21 heavy (non-hydrogen) atoms. The van der Waals surface area contributed by atoms with Crippen LogP contribution in [0.3, 0.4) is 0 Å². The van der Waals surface area contributed by atoms with Gasteiger partial charge in [-0.2, -0.15) is 0 Å². The molecule has 0 aromatic carbocycles. The summed E-state index contributed by atoms with van der Waals surface area (Å²) in [5.41, 5.74) is -0.0214. The van der Waals surface area contributed by atoms with Crippen LogP contribution in [-0.2, 0) is 4.74 Å². The van der Waals surface area contributed by atoms with Gasteiger partial charge in [-0.05, 0) is 44.9 Å². The Morgan fingerprint density at radius 1 is 0.905 bits per heavy atom. The number of hydrogen-bond acceptors (Lipinski definition) is 1. The van der Waals surface area contributed by atoms with Crippen molar-refractivity contribution in [3.05, 3.63) is 12.2 Å². The van der Waals surface area contributed by atoms with Gasteiger partial charge in [0.25, 0.3) is 0 Å². The first-order valence-corrected chi connectivity index (χ1v) is 9.46. The molecule has 122 valence electrons. The maximum Gasteiger partial charge on any atom is 0.0840 e. The number of fused-ring (bicyclic) bond motifs is 1. The maximum atomic E-state index is 6.61. The summed E-state index contributed by atoms with van der Waals surface area (Å²) in [5, 5.41) is 0. The van der Waals surface area contributed by atoms with Crippen LogP contribution in [0, 0.1) is 11.8 Å². The van der Waals surface area contributed by atoms with Gasteiger partial charge in [-0.1, -0.05) is 70.4 Å². The summed E-state index contributed by atoms with van der Waals surface area (Å²) in [5.74, 6) is 1.59. The van der Waals surface area contributed by atoms with E-state index in [0.29, 0.717) is 6.10 Å². The van der Waals surface area contributed by atoms with E-state index in [1.54, 1.807) is 0 Å². The maximum absolute atomic E-state index is 6.61. The summed E-state index contributed by atoms with van der Waals surface area (Å²) in [6.45, 7) is 6.87. The second-order valence-electron chi connectivity index (χ2n) is 7.72. The molecule has 4 unspecified atom stereocenters. The molecule has 0 radical (unpaired) electrons. The quantitative estimate of drug-likeness (QED) is 0.517. The fourth-order valence-electron chi connectivity index (χ4n) is 4.63. The van der Waals surface area contributed by atoms with Crippen molar-refractivity contribution in [2.24, 2.45) is 11.8 Å². The highest BCUT2D eigenvalue weighted by Gasteiger charge is 2.40. The second kappa shape index (κ2) is 8.36. The highest BCUT2D eigenvalue weighted by atomic mass is 16.5. The van der Waals surface area contributed by atoms with E-state index in [9.17, 15) is 0 Å². The first-order chi connectivity index (χ1) is 10.1. The van der Waals surface area contributed by atoms with Crippen LogP contribution < -0.4 is 0 Å². The monoisotopic (exact) mass is 292 g/mol. The highest BCUT2D eigenvalue weighted by molar-refractivity contribution is 5.03. The van der Waals surface area contributed by atoms with Crippen LogP contribution in [0.1, 0.15) is 91.4 Å². The van der Waals surface area contributed by atoms with Gasteiger partial charge >= 0.3 is 0 Å². The van der Waals surface area contributed by atoms with Crippen LogP contribution >= 0.6 is 0 Å². The molecule has 2 rings (SSSR count). The number of hydrogen-bond donors (Lipinski definition) is 0. The average molecular weight is 293 g/mol. The average Bonchev–Trinajstić information content (AvgIpc) is 2.41. The van der Waals surface area contributed by atoms with Gasteiger partial charge in [0.15, 0.2) is 0 Å². The molecule has 0 aromatic heterocycles. The largest absolute Gasteiger partial charge is 0.368 e. The van der Waals surface area contributed by atoms with E-state index in [1.165, 1.54) is 70.6 Å². The zero-order valence-electron chi connectivity index (χ0n) is 14.6. The van der Waals surface area contributed by atoms with Crippen LogP contribution in [0.2, 0.25) is 0 Å². The zero-order valence-corrected chi connectivity index (χ0v) is 14.6. The molecule has 1 aliphatic heterocycles. The van der Waals surface area contributed by atoms with Crippen molar-refractivity contribution >= 4 is 0 Å². The topological polar surface area (TPSA) is 9.23 Å². The fourth-order valence-corrected chi connectivity index (χ4v) is 4.63. The van der Waals surface area contributed by atoms with Gasteiger partial charge in [0.05, 0.1) is 11.7 Å². The van der Waals surface area contributed by atoms with Gasteiger partial charge in [-0.25, -0.2) is 0 Å². The first-order valence-electron chi connectivity index (χ1n) is 9.46. The Balaban J connectivity index is 2.02. The van der Waals surface area contributed by atoms with Gasteiger partial charge in [0.1, 0.15) is 0 Å². The minimum Gasteiger partial charge on any atom is -0.368 e. The van der Waals surface area contributed by atoms with E-state index >= 15 is 0 Å². The minimum atomic E-state index is -0.0214. The van der Waals surface area contributed by atoms with Gasteiger partial charge in [-0.3, -0.25) is 0 Å². The van der Waals surface area contributed by atoms with Crippen LogP contribution in [0.25, 0.3) is 0 Å². The molecule has 2 fully saturated rings. The lowest BCUT2D eigenvalue weighted by Crippen LogP contribution is -2.46. The van der Waals surface area contributed by atoms with Crippen molar-refractivity contribution in [2.75, 3.05) is 0 Å². The summed E-state index contributed by atoms with van der Waals surface area (Å²) in [6, 6.07) is 0. The van der Waals surface area contributed by atoms with Crippen molar-refractivity contribution in [3.8, 4) is 0 Å². The minimum absolute atomic E-state index is 0.0214. The lowest BCUT2D eigenvalue weighted by molar-refractivity contribution is -0.144. The first kappa shape index (κ1) is 17.1. The Hall–Kier alpha value is -0.300. The lowest BCUT2D eigenvalue weighted by atomic mass is 9.74. The molecule has 1 nitrogen and oxygen atoms in total. The molecule has 0 amide bonds. The summed E-state index contributed by atoms with van der Waals surface area (Å²) in [6.07, 6.45) is 20.2. The van der Waals surface area contributed by atoms with Gasteiger partial charge in [-0.15, -0.1) is 0 Å². The Kier molecular flexibility index (Phi) is 6.79. The fraction of sp³-hybridized carbons (Fsp3) is 0.900. The lowest BCUT2D eigenvalue weighted by Gasteiger charge is -2.46. The Labute approximate surface area is 132 Å². The highest BCUT2D eigenvalue weighted by Crippen LogP contribution is 2.42. The molecule has 2 aliphatic rings. The third-order valence-electron chi connectivity index (χ3n) is 5.65. The van der Waals surface area contributed by atoms with E-state index in [0.717, 1.165) is 11.8 Å². The van der Waals surface area contributed by atoms with E-state index < -0.39 is 0 Å². The molecule has 1 heterocycles. The molecule has 4 atom stereocenters. The predicted octanol–water partition coefficient (Wildman–Crippen LogP) is 6.28. The van der Waals surface area contributed by atoms with E-state index in [2.05, 4.69) is 32.9 Å². The third kappa shape index (κ3) is 5.13. The molecule has 1 saturated heterocycles. The van der Waals surface area contributed by atoms with Crippen molar-refractivity contribution < 1.29 is 4.74 Å².